The number of anilines is 3. The Morgan fingerprint density at radius 3 is 1.83 bits per heavy atom. The Morgan fingerprint density at radius 2 is 1.31 bits per heavy atom. The minimum absolute atomic E-state index is 0. The van der Waals surface area contributed by atoms with Crippen LogP contribution in [0, 0.1) is 19.3 Å². The normalized spacial score (nSPS) is 11.2. The number of aryl methyl sites for hydroxylation is 1. The number of halogens is 3. The van der Waals surface area contributed by atoms with E-state index in [9.17, 15) is 13.2 Å². The van der Waals surface area contributed by atoms with Crippen molar-refractivity contribution in [2.75, 3.05) is 4.90 Å². The average molecular weight is 655 g/mol. The molecule has 7 nitrogen and oxygen atoms in total. The fourth-order valence-electron chi connectivity index (χ4n) is 3.30. The molecule has 0 amide bonds. The fourth-order valence-corrected chi connectivity index (χ4v) is 3.30. The first-order valence-electron chi connectivity index (χ1n) is 10.2. The van der Waals surface area contributed by atoms with Gasteiger partial charge in [-0.3, -0.25) is 25.1 Å². The number of pyridine rings is 2. The zero-order valence-corrected chi connectivity index (χ0v) is 20.4. The Hall–Kier alpha value is -3.78. The first-order chi connectivity index (χ1) is 16.4. The molecule has 0 saturated carbocycles. The van der Waals surface area contributed by atoms with E-state index >= 15 is 0 Å². The van der Waals surface area contributed by atoms with Crippen molar-refractivity contribution in [2.45, 2.75) is 13.1 Å². The van der Waals surface area contributed by atoms with Crippen LogP contribution < -0.4 is 4.90 Å². The van der Waals surface area contributed by atoms with Crippen LogP contribution in [0.1, 0.15) is 11.4 Å². The molecule has 0 unspecified atom stereocenters. The molecule has 0 N–H and O–H groups in total. The van der Waals surface area contributed by atoms with Gasteiger partial charge in [-0.05, 0) is 30.0 Å². The molecule has 11 heteroatoms. The van der Waals surface area contributed by atoms with Crippen molar-refractivity contribution in [3.8, 4) is 11.6 Å². The van der Waals surface area contributed by atoms with Crippen molar-refractivity contribution in [1.82, 2.24) is 29.5 Å². The number of alkyl halides is 3. The van der Waals surface area contributed by atoms with Gasteiger partial charge >= 0.3 is 27.2 Å². The molecule has 0 radical (unpaired) electrons. The summed E-state index contributed by atoms with van der Waals surface area (Å²) in [5.41, 5.74) is 0.521. The second-order valence-corrected chi connectivity index (χ2v) is 7.27. The minimum atomic E-state index is -4.57. The van der Waals surface area contributed by atoms with Crippen LogP contribution in [0.15, 0.2) is 78.9 Å². The van der Waals surface area contributed by atoms with Gasteiger partial charge in [-0.2, -0.15) is 13.2 Å². The standard InChI is InChI=1S/C24H16F3N7.Pt/c1-17-13-15-32(30-17)20-9-5-11-22(28-20)34(18-7-3-2-4-8-18)23-12-6-10-21(29-23)33-16-14-19(31-33)24(25,26)27;/h2-14H,1H3;/q-2;+2. The number of hydrogen-bond donors (Lipinski definition) is 0. The van der Waals surface area contributed by atoms with E-state index in [-0.39, 0.29) is 26.9 Å². The molecule has 4 heterocycles. The Bertz CT molecular complexity index is 1430. The predicted molar refractivity (Wildman–Crippen MR) is 118 cm³/mol. The number of nitrogens with zero attached hydrogens (tertiary/aromatic N) is 7. The Morgan fingerprint density at radius 1 is 0.743 bits per heavy atom. The maximum Gasteiger partial charge on any atom is 2.00 e. The fraction of sp³-hybridized carbons (Fsp3) is 0.0833. The van der Waals surface area contributed by atoms with E-state index < -0.39 is 11.9 Å². The molecular weight excluding hydrogens is 638 g/mol. The summed E-state index contributed by atoms with van der Waals surface area (Å²) in [6, 6.07) is 22.4. The minimum Gasteiger partial charge on any atom is -0.343 e. The van der Waals surface area contributed by atoms with E-state index in [1.807, 2.05) is 49.4 Å². The molecule has 4 aromatic heterocycles. The molecule has 5 rings (SSSR count). The van der Waals surface area contributed by atoms with Crippen molar-refractivity contribution in [1.29, 1.82) is 0 Å². The van der Waals surface area contributed by atoms with E-state index in [0.717, 1.165) is 22.1 Å². The van der Waals surface area contributed by atoms with Crippen LogP contribution in [-0.4, -0.2) is 29.5 Å². The van der Waals surface area contributed by atoms with Crippen LogP contribution >= 0.6 is 0 Å². The van der Waals surface area contributed by atoms with Crippen LogP contribution in [0.5, 0.6) is 0 Å². The molecule has 0 aliphatic heterocycles. The van der Waals surface area contributed by atoms with Gasteiger partial charge in [0.05, 0.1) is 17.3 Å². The van der Waals surface area contributed by atoms with Gasteiger partial charge < -0.3 is 9.36 Å². The summed E-state index contributed by atoms with van der Waals surface area (Å²) in [5.74, 6) is 1.71. The molecule has 0 atom stereocenters. The zero-order chi connectivity index (χ0) is 23.7. The van der Waals surface area contributed by atoms with Gasteiger partial charge in [0.15, 0.2) is 0 Å². The number of rotatable bonds is 5. The van der Waals surface area contributed by atoms with Crippen molar-refractivity contribution in [3.63, 3.8) is 0 Å². The van der Waals surface area contributed by atoms with Gasteiger partial charge in [0, 0.05) is 5.69 Å². The van der Waals surface area contributed by atoms with E-state index in [1.54, 1.807) is 39.9 Å². The molecule has 0 bridgehead atoms. The SMILES string of the molecule is Cc1c[c-]n(-c2cccc(N(c3ccccc3)c3cccc(-n4[c-]cc(C(F)(F)F)n4)n3)n2)n1.[Pt+2]. The topological polar surface area (TPSA) is 64.7 Å². The number of benzene rings is 1. The largest absolute Gasteiger partial charge is 2.00 e. The Kier molecular flexibility index (Phi) is 6.84. The Balaban J connectivity index is 0.00000289. The van der Waals surface area contributed by atoms with Crippen molar-refractivity contribution in [2.24, 2.45) is 0 Å². The maximum atomic E-state index is 13.0. The summed E-state index contributed by atoms with van der Waals surface area (Å²) in [6.45, 7) is 1.86. The second kappa shape index (κ2) is 9.83. The van der Waals surface area contributed by atoms with Gasteiger partial charge in [0.1, 0.15) is 11.6 Å². The molecule has 0 fully saturated rings. The summed E-state index contributed by atoms with van der Waals surface area (Å²) in [5, 5.41) is 7.94. The average Bonchev–Trinajstić information content (AvgIpc) is 3.50. The maximum absolute atomic E-state index is 13.0. The van der Waals surface area contributed by atoms with E-state index in [1.165, 1.54) is 0 Å². The summed E-state index contributed by atoms with van der Waals surface area (Å²) in [4.78, 5) is 11.1. The summed E-state index contributed by atoms with van der Waals surface area (Å²) in [7, 11) is 0. The van der Waals surface area contributed by atoms with Gasteiger partial charge in [-0.15, -0.1) is 12.1 Å². The third-order valence-corrected chi connectivity index (χ3v) is 4.82. The first-order valence-corrected chi connectivity index (χ1v) is 10.2. The smallest absolute Gasteiger partial charge is 0.343 e. The molecule has 178 valence electrons. The molecule has 35 heavy (non-hydrogen) atoms. The van der Waals surface area contributed by atoms with Crippen LogP contribution in [0.3, 0.4) is 0 Å². The van der Waals surface area contributed by atoms with Crippen LogP contribution in [0.25, 0.3) is 11.6 Å². The number of aromatic nitrogens is 6. The van der Waals surface area contributed by atoms with Gasteiger partial charge in [-0.1, -0.05) is 61.8 Å². The van der Waals surface area contributed by atoms with E-state index in [2.05, 4.69) is 27.6 Å². The van der Waals surface area contributed by atoms with Gasteiger partial charge in [0.2, 0.25) is 0 Å². The van der Waals surface area contributed by atoms with Gasteiger partial charge in [0.25, 0.3) is 0 Å². The predicted octanol–water partition coefficient (Wildman–Crippen LogP) is 5.24. The molecule has 0 aliphatic rings. The molecule has 1 aromatic carbocycles. The quantitative estimate of drug-likeness (QED) is 0.243. The van der Waals surface area contributed by atoms with Crippen molar-refractivity contribution in [3.05, 3.63) is 103 Å². The van der Waals surface area contributed by atoms with Crippen LogP contribution in [-0.2, 0) is 27.2 Å². The Labute approximate surface area is 213 Å². The second-order valence-electron chi connectivity index (χ2n) is 7.27. The summed E-state index contributed by atoms with van der Waals surface area (Å²) in [6.07, 6.45) is 0.926. The molecule has 5 aromatic rings. The van der Waals surface area contributed by atoms with Gasteiger partial charge in [-0.25, -0.2) is 0 Å². The summed E-state index contributed by atoms with van der Waals surface area (Å²) >= 11 is 0. The van der Waals surface area contributed by atoms with E-state index in [0.29, 0.717) is 17.5 Å². The van der Waals surface area contributed by atoms with Crippen LogP contribution in [0.4, 0.5) is 30.5 Å². The van der Waals surface area contributed by atoms with E-state index in [4.69, 9.17) is 4.98 Å². The number of para-hydroxylation sites is 1. The molecule has 0 aliphatic carbocycles. The third-order valence-electron chi connectivity index (χ3n) is 4.82. The van der Waals surface area contributed by atoms with Crippen molar-refractivity contribution < 1.29 is 34.2 Å². The van der Waals surface area contributed by atoms with Crippen molar-refractivity contribution >= 4 is 17.3 Å². The monoisotopic (exact) mass is 654 g/mol. The first kappa shape index (κ1) is 24.3. The van der Waals surface area contributed by atoms with Crippen LogP contribution in [0.2, 0.25) is 0 Å². The molecular formula is C24H16F3N7Pt. The summed E-state index contributed by atoms with van der Waals surface area (Å²) < 4.78 is 41.5. The number of hydrogen-bond acceptors (Lipinski definition) is 5. The molecule has 0 saturated heterocycles. The third kappa shape index (κ3) is 5.17. The molecule has 0 spiro atoms. The zero-order valence-electron chi connectivity index (χ0n) is 18.1.